The minimum atomic E-state index is -4.06. The van der Waals surface area contributed by atoms with Gasteiger partial charge < -0.3 is 4.74 Å². The molecule has 0 amide bonds. The fourth-order valence-corrected chi connectivity index (χ4v) is 3.35. The van der Waals surface area contributed by atoms with Crippen LogP contribution in [0, 0.1) is 6.92 Å². The maximum absolute atomic E-state index is 12.0. The summed E-state index contributed by atoms with van der Waals surface area (Å²) in [5.41, 5.74) is 2.26. The van der Waals surface area contributed by atoms with Gasteiger partial charge in [0.2, 0.25) is 0 Å². The average molecular weight is 369 g/mol. The van der Waals surface area contributed by atoms with Crippen LogP contribution < -0.4 is 4.57 Å². The number of aryl methyl sites for hydroxylation is 2. The normalized spacial score (nSPS) is 13.2. The van der Waals surface area contributed by atoms with Gasteiger partial charge in [-0.05, 0) is 32.9 Å². The Hall–Kier alpha value is -1.93. The Morgan fingerprint density at radius 1 is 1.36 bits per heavy atom. The summed E-state index contributed by atoms with van der Waals surface area (Å²) < 4.78 is 40.8. The van der Waals surface area contributed by atoms with Gasteiger partial charge in [0.15, 0.2) is 11.0 Å². The summed E-state index contributed by atoms with van der Waals surface area (Å²) in [6.07, 6.45) is 0.275. The number of ether oxygens (including phenoxy) is 1. The maximum atomic E-state index is 12.0. The van der Waals surface area contributed by atoms with Crippen molar-refractivity contribution in [1.82, 2.24) is 4.57 Å². The van der Waals surface area contributed by atoms with E-state index in [1.807, 2.05) is 24.5 Å². The van der Waals surface area contributed by atoms with E-state index in [9.17, 15) is 17.8 Å². The van der Waals surface area contributed by atoms with Crippen LogP contribution in [0.4, 0.5) is 0 Å². The first-order valence-corrected chi connectivity index (χ1v) is 9.87. The molecule has 2 rings (SSSR count). The molecule has 1 aromatic heterocycles. The highest BCUT2D eigenvalue weighted by Crippen LogP contribution is 2.19. The molecule has 0 aliphatic heterocycles. The van der Waals surface area contributed by atoms with Crippen LogP contribution in [0.5, 0.6) is 0 Å². The number of carbonyl (C=O) groups excluding carboxylic acids is 1. The van der Waals surface area contributed by atoms with Crippen LogP contribution in [-0.4, -0.2) is 35.4 Å². The second-order valence-electron chi connectivity index (χ2n) is 5.98. The zero-order valence-electron chi connectivity index (χ0n) is 15.0. The van der Waals surface area contributed by atoms with E-state index in [-0.39, 0.29) is 12.4 Å². The van der Waals surface area contributed by atoms with Crippen LogP contribution in [0.25, 0.3) is 11.0 Å². The molecule has 0 radical (unpaired) electrons. The summed E-state index contributed by atoms with van der Waals surface area (Å²) >= 11 is 0. The molecule has 0 saturated heterocycles. The van der Waals surface area contributed by atoms with Crippen LogP contribution in [0.15, 0.2) is 18.2 Å². The van der Waals surface area contributed by atoms with Gasteiger partial charge in [0, 0.05) is 19.4 Å². The highest BCUT2D eigenvalue weighted by Gasteiger charge is 2.25. The van der Waals surface area contributed by atoms with E-state index in [4.69, 9.17) is 4.74 Å². The predicted octanol–water partition coefficient (Wildman–Crippen LogP) is 2.10. The third kappa shape index (κ3) is 4.01. The molecular formula is C17H25N2O5S+. The summed E-state index contributed by atoms with van der Waals surface area (Å²) in [6.45, 7) is 8.68. The van der Waals surface area contributed by atoms with E-state index in [0.29, 0.717) is 18.7 Å². The van der Waals surface area contributed by atoms with E-state index in [2.05, 4.69) is 4.57 Å². The van der Waals surface area contributed by atoms with Crippen molar-refractivity contribution in [3.05, 3.63) is 29.6 Å². The fraction of sp³-hybridized carbons (Fsp3) is 0.529. The molecule has 138 valence electrons. The van der Waals surface area contributed by atoms with Gasteiger partial charge in [0.25, 0.3) is 15.9 Å². The highest BCUT2D eigenvalue weighted by molar-refractivity contribution is 7.86. The van der Waals surface area contributed by atoms with Crippen LogP contribution in [0.1, 0.15) is 43.4 Å². The number of carbonyl (C=O) groups is 1. The van der Waals surface area contributed by atoms with Crippen molar-refractivity contribution >= 4 is 27.1 Å². The lowest BCUT2D eigenvalue weighted by molar-refractivity contribution is -0.675. The zero-order chi connectivity index (χ0) is 18.8. The standard InChI is InChI=1S/C17H24N2O5S/c1-5-18-13(4)19(10-9-12(3)25(21,22)23)16-11-14(7-8-15(16)18)17(20)24-6-2/h7-8,11-12H,5-6,9-10H2,1-4H3/p+1/t12-/m0/s1. The molecule has 7 nitrogen and oxygen atoms in total. The summed E-state index contributed by atoms with van der Waals surface area (Å²) in [5, 5.41) is -0.854. The Bertz CT molecular complexity index is 886. The third-order valence-corrected chi connectivity index (χ3v) is 5.69. The number of hydrogen-bond donors (Lipinski definition) is 1. The van der Waals surface area contributed by atoms with Crippen molar-refractivity contribution in [1.29, 1.82) is 0 Å². The highest BCUT2D eigenvalue weighted by atomic mass is 32.2. The van der Waals surface area contributed by atoms with Gasteiger partial charge in [0.1, 0.15) is 0 Å². The molecule has 0 bridgehead atoms. The molecular weight excluding hydrogens is 344 g/mol. The van der Waals surface area contributed by atoms with Crippen molar-refractivity contribution in [2.45, 2.75) is 52.5 Å². The van der Waals surface area contributed by atoms with Gasteiger partial charge in [-0.1, -0.05) is 0 Å². The van der Waals surface area contributed by atoms with E-state index in [1.165, 1.54) is 6.92 Å². The van der Waals surface area contributed by atoms with Gasteiger partial charge in [-0.2, -0.15) is 8.42 Å². The Balaban J connectivity index is 2.48. The molecule has 0 fully saturated rings. The summed E-state index contributed by atoms with van der Waals surface area (Å²) in [7, 11) is -4.06. The minimum absolute atomic E-state index is 0.275. The van der Waals surface area contributed by atoms with Gasteiger partial charge >= 0.3 is 5.97 Å². The smallest absolute Gasteiger partial charge is 0.338 e. The third-order valence-electron chi connectivity index (χ3n) is 4.43. The predicted molar refractivity (Wildman–Crippen MR) is 94.1 cm³/mol. The maximum Gasteiger partial charge on any atom is 0.338 e. The van der Waals surface area contributed by atoms with E-state index in [0.717, 1.165) is 23.4 Å². The first kappa shape index (κ1) is 19.4. The van der Waals surface area contributed by atoms with Crippen molar-refractivity contribution < 1.29 is 27.1 Å². The van der Waals surface area contributed by atoms with Gasteiger partial charge in [-0.25, -0.2) is 13.9 Å². The molecule has 25 heavy (non-hydrogen) atoms. The van der Waals surface area contributed by atoms with E-state index in [1.54, 1.807) is 19.1 Å². The number of aromatic nitrogens is 2. The Morgan fingerprint density at radius 3 is 2.60 bits per heavy atom. The lowest BCUT2D eigenvalue weighted by Crippen LogP contribution is -2.35. The summed E-state index contributed by atoms with van der Waals surface area (Å²) in [4.78, 5) is 12.0. The summed E-state index contributed by atoms with van der Waals surface area (Å²) in [6, 6.07) is 5.38. The number of benzene rings is 1. The number of esters is 1. The average Bonchev–Trinajstić information content (AvgIpc) is 2.82. The molecule has 8 heteroatoms. The largest absolute Gasteiger partial charge is 0.462 e. The molecule has 0 unspecified atom stereocenters. The van der Waals surface area contributed by atoms with Crippen molar-refractivity contribution in [2.24, 2.45) is 0 Å². The minimum Gasteiger partial charge on any atom is -0.462 e. The van der Waals surface area contributed by atoms with Crippen LogP contribution in [0.3, 0.4) is 0 Å². The number of rotatable bonds is 7. The van der Waals surface area contributed by atoms with Crippen molar-refractivity contribution in [3.8, 4) is 0 Å². The lowest BCUT2D eigenvalue weighted by Gasteiger charge is -2.07. The van der Waals surface area contributed by atoms with Gasteiger partial charge in [-0.3, -0.25) is 4.55 Å². The second-order valence-corrected chi connectivity index (χ2v) is 7.82. The first-order valence-electron chi connectivity index (χ1n) is 8.36. The quantitative estimate of drug-likeness (QED) is 0.459. The molecule has 2 aromatic rings. The van der Waals surface area contributed by atoms with Crippen LogP contribution >= 0.6 is 0 Å². The Morgan fingerprint density at radius 2 is 2.04 bits per heavy atom. The molecule has 0 aliphatic rings. The van der Waals surface area contributed by atoms with Crippen molar-refractivity contribution in [2.75, 3.05) is 6.61 Å². The van der Waals surface area contributed by atoms with Crippen molar-refractivity contribution in [3.63, 3.8) is 0 Å². The SMILES string of the molecule is CCOC(=O)c1ccc2c(c1)n(CC[C@H](C)S(=O)(=O)O)c(C)[n+]2CC. The molecule has 1 heterocycles. The molecule has 1 atom stereocenters. The Kier molecular flexibility index (Phi) is 5.84. The molecule has 0 spiro atoms. The molecule has 0 saturated carbocycles. The second kappa shape index (κ2) is 7.53. The fourth-order valence-electron chi connectivity index (χ4n) is 2.94. The number of fused-ring (bicyclic) bond motifs is 1. The lowest BCUT2D eigenvalue weighted by atomic mass is 10.2. The van der Waals surface area contributed by atoms with Crippen LogP contribution in [-0.2, 0) is 27.9 Å². The topological polar surface area (TPSA) is 89.5 Å². The van der Waals surface area contributed by atoms with Crippen LogP contribution in [0.2, 0.25) is 0 Å². The van der Waals surface area contributed by atoms with E-state index < -0.39 is 15.4 Å². The summed E-state index contributed by atoms with van der Waals surface area (Å²) in [5.74, 6) is 0.574. The monoisotopic (exact) mass is 369 g/mol. The number of nitrogens with zero attached hydrogens (tertiary/aromatic N) is 2. The van der Waals surface area contributed by atoms with E-state index >= 15 is 0 Å². The van der Waals surface area contributed by atoms with Gasteiger partial charge in [-0.15, -0.1) is 0 Å². The molecule has 1 aromatic carbocycles. The number of hydrogen-bond acceptors (Lipinski definition) is 4. The first-order chi connectivity index (χ1) is 11.7. The molecule has 1 N–H and O–H groups in total. The Labute approximate surface area is 148 Å². The molecule has 0 aliphatic carbocycles. The zero-order valence-corrected chi connectivity index (χ0v) is 15.8. The number of imidazole rings is 1. The van der Waals surface area contributed by atoms with Gasteiger partial charge in [0.05, 0.1) is 30.5 Å².